The number of ether oxygens (including phenoxy) is 1. The molecule has 19 heavy (non-hydrogen) atoms. The van der Waals surface area contributed by atoms with E-state index in [-0.39, 0.29) is 31.4 Å². The van der Waals surface area contributed by atoms with Crippen molar-refractivity contribution in [2.45, 2.75) is 32.6 Å². The van der Waals surface area contributed by atoms with Crippen LogP contribution in [0.5, 0.6) is 0 Å². The van der Waals surface area contributed by atoms with Gasteiger partial charge in [-0.1, -0.05) is 0 Å². The minimum atomic E-state index is -0.333. The van der Waals surface area contributed by atoms with Gasteiger partial charge in [0.05, 0.1) is 11.9 Å². The second kappa shape index (κ2) is 4.98. The lowest BCUT2D eigenvalue weighted by molar-refractivity contribution is 0.0816. The zero-order valence-corrected chi connectivity index (χ0v) is 12.5. The van der Waals surface area contributed by atoms with E-state index in [1.165, 1.54) is 16.7 Å². The molecule has 1 unspecified atom stereocenters. The first kappa shape index (κ1) is 14.7. The lowest BCUT2D eigenvalue weighted by Crippen LogP contribution is -2.42. The zero-order valence-electron chi connectivity index (χ0n) is 11.6. The summed E-state index contributed by atoms with van der Waals surface area (Å²) in [7, 11) is 1.60. The van der Waals surface area contributed by atoms with Gasteiger partial charge in [-0.15, -0.1) is 12.4 Å². The normalized spacial score (nSPS) is 27.8. The maximum Gasteiger partial charge on any atom is 0.496 e. The van der Waals surface area contributed by atoms with Crippen LogP contribution < -0.4 is 5.32 Å². The average molecular weight is 284 g/mol. The number of hydrogen-bond donors (Lipinski definition) is 1. The summed E-state index contributed by atoms with van der Waals surface area (Å²) in [6, 6.07) is 0. The maximum atomic E-state index is 6.02. The summed E-state index contributed by atoms with van der Waals surface area (Å²) in [4.78, 5) is 0. The van der Waals surface area contributed by atoms with Crippen LogP contribution in [0.1, 0.15) is 20.8 Å². The van der Waals surface area contributed by atoms with Crippen molar-refractivity contribution in [2.24, 2.45) is 0 Å². The third kappa shape index (κ3) is 2.15. The van der Waals surface area contributed by atoms with Crippen molar-refractivity contribution in [3.05, 3.63) is 34.5 Å². The lowest BCUT2D eigenvalue weighted by Gasteiger charge is -2.29. The van der Waals surface area contributed by atoms with Gasteiger partial charge in [-0.2, -0.15) is 0 Å². The average Bonchev–Trinajstić information content (AvgIpc) is 2.52. The minimum Gasteiger partial charge on any atom is -0.497 e. The fraction of sp³-hybridized carbons (Fsp3) is 0.538. The fourth-order valence-electron chi connectivity index (χ4n) is 2.83. The van der Waals surface area contributed by atoms with Crippen molar-refractivity contribution >= 4 is 19.5 Å². The number of hydrogen-bond acceptors (Lipinski definition) is 4. The van der Waals surface area contributed by atoms with Gasteiger partial charge < -0.3 is 14.0 Å². The molecule has 1 N–H and O–H groups in total. The summed E-state index contributed by atoms with van der Waals surface area (Å²) >= 11 is 0. The quantitative estimate of drug-likeness (QED) is 0.747. The number of allylic oxidation sites excluding steroid dienone is 3. The first-order valence-corrected chi connectivity index (χ1v) is 6.28. The van der Waals surface area contributed by atoms with Crippen LogP contribution in [0.25, 0.3) is 0 Å². The Morgan fingerprint density at radius 2 is 2.16 bits per heavy atom. The highest BCUT2D eigenvalue weighted by Gasteiger charge is 2.49. The highest BCUT2D eigenvalue weighted by molar-refractivity contribution is 6.57. The minimum absolute atomic E-state index is 0. The van der Waals surface area contributed by atoms with E-state index in [1.807, 2.05) is 13.1 Å². The Morgan fingerprint density at radius 3 is 2.84 bits per heavy atom. The van der Waals surface area contributed by atoms with Gasteiger partial charge in [0.15, 0.2) is 0 Å². The molecule has 3 heterocycles. The molecule has 6 heteroatoms. The summed E-state index contributed by atoms with van der Waals surface area (Å²) in [6.45, 7) is 6.78. The van der Waals surface area contributed by atoms with Crippen LogP contribution in [-0.4, -0.2) is 32.6 Å². The Labute approximate surface area is 120 Å². The number of likely N-dealkylation sites (N-methyl/N-ethyl adjacent to an activating group) is 1. The standard InChI is InChI=1S/C13H18BNO3.ClH/c1-8-9-5-6-16-7-10-11(9)14(17-12(8)15-4)18-13(10,2)3;/h5-6,12,15H,7H2,1-4H3;1H. The molecule has 0 saturated carbocycles. The summed E-state index contributed by atoms with van der Waals surface area (Å²) < 4.78 is 17.5. The zero-order chi connectivity index (χ0) is 12.9. The predicted octanol–water partition coefficient (Wildman–Crippen LogP) is 1.98. The van der Waals surface area contributed by atoms with Gasteiger partial charge in [0.1, 0.15) is 12.8 Å². The van der Waals surface area contributed by atoms with Crippen LogP contribution in [0.3, 0.4) is 0 Å². The molecule has 3 rings (SSSR count). The van der Waals surface area contributed by atoms with E-state index in [4.69, 9.17) is 14.0 Å². The molecule has 0 bridgehead atoms. The molecule has 4 nitrogen and oxygen atoms in total. The number of rotatable bonds is 1. The van der Waals surface area contributed by atoms with Crippen molar-refractivity contribution in [3.8, 4) is 0 Å². The van der Waals surface area contributed by atoms with Gasteiger partial charge in [-0.25, -0.2) is 0 Å². The third-order valence-corrected chi connectivity index (χ3v) is 3.88. The van der Waals surface area contributed by atoms with E-state index in [0.717, 1.165) is 5.47 Å². The van der Waals surface area contributed by atoms with Crippen LogP contribution >= 0.6 is 12.4 Å². The van der Waals surface area contributed by atoms with Gasteiger partial charge in [0.25, 0.3) is 0 Å². The molecule has 0 aliphatic carbocycles. The van der Waals surface area contributed by atoms with Crippen molar-refractivity contribution < 1.29 is 14.0 Å². The Morgan fingerprint density at radius 1 is 1.42 bits per heavy atom. The van der Waals surface area contributed by atoms with Gasteiger partial charge in [-0.3, -0.25) is 5.32 Å². The molecule has 0 aromatic heterocycles. The summed E-state index contributed by atoms with van der Waals surface area (Å²) in [5, 5.41) is 3.16. The van der Waals surface area contributed by atoms with Gasteiger partial charge >= 0.3 is 7.12 Å². The number of nitrogens with one attached hydrogen (secondary N) is 1. The largest absolute Gasteiger partial charge is 0.497 e. The summed E-state index contributed by atoms with van der Waals surface area (Å²) in [5.74, 6) is 0. The second-order valence-electron chi connectivity index (χ2n) is 5.37. The Hall–Kier alpha value is -0.745. The van der Waals surface area contributed by atoms with Gasteiger partial charge in [-0.05, 0) is 56.1 Å². The molecular weight excluding hydrogens is 264 g/mol. The monoisotopic (exact) mass is 283 g/mol. The second-order valence-corrected chi connectivity index (χ2v) is 5.37. The lowest BCUT2D eigenvalue weighted by atomic mass is 9.69. The topological polar surface area (TPSA) is 39.7 Å². The van der Waals surface area contributed by atoms with E-state index >= 15 is 0 Å². The molecule has 0 spiro atoms. The summed E-state index contributed by atoms with van der Waals surface area (Å²) in [5.41, 5.74) is 4.35. The molecule has 0 radical (unpaired) electrons. The van der Waals surface area contributed by atoms with E-state index in [2.05, 4.69) is 26.1 Å². The van der Waals surface area contributed by atoms with Crippen LogP contribution in [0.2, 0.25) is 0 Å². The molecule has 0 aromatic rings. The van der Waals surface area contributed by atoms with Gasteiger partial charge in [0.2, 0.25) is 0 Å². The molecule has 0 fully saturated rings. The molecule has 0 amide bonds. The molecule has 0 aromatic carbocycles. The molecule has 3 aliphatic rings. The smallest absolute Gasteiger partial charge is 0.496 e. The van der Waals surface area contributed by atoms with E-state index in [0.29, 0.717) is 6.61 Å². The molecule has 0 saturated heterocycles. The van der Waals surface area contributed by atoms with Crippen LogP contribution in [0.4, 0.5) is 0 Å². The molecule has 104 valence electrons. The third-order valence-electron chi connectivity index (χ3n) is 3.88. The Bertz CT molecular complexity index is 484. The van der Waals surface area contributed by atoms with Crippen molar-refractivity contribution in [2.75, 3.05) is 13.7 Å². The van der Waals surface area contributed by atoms with Crippen LogP contribution in [0, 0.1) is 0 Å². The van der Waals surface area contributed by atoms with Crippen molar-refractivity contribution in [1.82, 2.24) is 5.32 Å². The van der Waals surface area contributed by atoms with Crippen molar-refractivity contribution in [3.63, 3.8) is 0 Å². The van der Waals surface area contributed by atoms with Crippen LogP contribution in [-0.2, 0) is 14.0 Å². The SMILES string of the molecule is CNC1OB2OC(C)(C)C3=C2C(=C1C)C=COC3.Cl. The fourth-order valence-corrected chi connectivity index (χ4v) is 2.83. The first-order chi connectivity index (χ1) is 8.54. The van der Waals surface area contributed by atoms with E-state index < -0.39 is 0 Å². The molecular formula is C13H19BClNO3. The van der Waals surface area contributed by atoms with Gasteiger partial charge in [0, 0.05) is 0 Å². The maximum absolute atomic E-state index is 6.02. The van der Waals surface area contributed by atoms with Crippen LogP contribution in [0.15, 0.2) is 34.5 Å². The summed E-state index contributed by atoms with van der Waals surface area (Å²) in [6.07, 6.45) is 3.68. The highest BCUT2D eigenvalue weighted by atomic mass is 35.5. The van der Waals surface area contributed by atoms with Crippen molar-refractivity contribution in [1.29, 1.82) is 0 Å². The Kier molecular flexibility index (Phi) is 3.84. The first-order valence-electron chi connectivity index (χ1n) is 6.28. The number of halogens is 1. The Balaban J connectivity index is 0.00000133. The molecule has 1 atom stereocenters. The molecule has 3 aliphatic heterocycles. The predicted molar refractivity (Wildman–Crippen MR) is 76.9 cm³/mol. The van der Waals surface area contributed by atoms with E-state index in [1.54, 1.807) is 6.26 Å². The van der Waals surface area contributed by atoms with E-state index in [9.17, 15) is 0 Å². The highest BCUT2D eigenvalue weighted by Crippen LogP contribution is 2.43.